The maximum absolute atomic E-state index is 11.8. The first-order chi connectivity index (χ1) is 8.49. The largest absolute Gasteiger partial charge is 0.486 e. The molecule has 0 saturated carbocycles. The highest BCUT2D eigenvalue weighted by Gasteiger charge is 2.19. The fourth-order valence-electron chi connectivity index (χ4n) is 1.37. The summed E-state index contributed by atoms with van der Waals surface area (Å²) in [5.41, 5.74) is 7.30. The van der Waals surface area contributed by atoms with Gasteiger partial charge in [-0.15, -0.1) is 4.83 Å². The van der Waals surface area contributed by atoms with Gasteiger partial charge in [-0.3, -0.25) is 5.43 Å². The van der Waals surface area contributed by atoms with Crippen molar-refractivity contribution in [1.29, 1.82) is 0 Å². The Labute approximate surface area is 109 Å². The van der Waals surface area contributed by atoms with E-state index in [1.54, 1.807) is 0 Å². The molecule has 0 fully saturated rings. The van der Waals surface area contributed by atoms with Crippen molar-refractivity contribution in [3.8, 4) is 11.5 Å². The van der Waals surface area contributed by atoms with Crippen LogP contribution in [0.3, 0.4) is 0 Å². The fourth-order valence-corrected chi connectivity index (χ4v) is 2.35. The molecule has 0 spiro atoms. The van der Waals surface area contributed by atoms with Gasteiger partial charge in [-0.05, 0) is 24.4 Å². The molecule has 7 nitrogen and oxygen atoms in total. The second-order valence-corrected chi connectivity index (χ2v) is 5.52. The van der Waals surface area contributed by atoms with Crippen molar-refractivity contribution in [2.24, 2.45) is 5.73 Å². The number of hydrogen-bond acceptors (Lipinski definition) is 5. The minimum absolute atomic E-state index is 0.0236. The lowest BCUT2D eigenvalue weighted by Crippen LogP contribution is -2.44. The van der Waals surface area contributed by atoms with E-state index in [-0.39, 0.29) is 10.0 Å². The molecule has 1 aromatic rings. The first-order valence-electron chi connectivity index (χ1n) is 4.96. The number of nitrogens with one attached hydrogen (secondary N) is 2. The molecule has 1 aromatic carbocycles. The highest BCUT2D eigenvalue weighted by Crippen LogP contribution is 2.31. The summed E-state index contributed by atoms with van der Waals surface area (Å²) in [4.78, 5) is 2.06. The van der Waals surface area contributed by atoms with Crippen molar-refractivity contribution in [2.75, 3.05) is 13.2 Å². The van der Waals surface area contributed by atoms with Crippen LogP contribution < -0.4 is 25.5 Å². The van der Waals surface area contributed by atoms with Gasteiger partial charge in [-0.2, -0.15) is 0 Å². The van der Waals surface area contributed by atoms with E-state index in [0.717, 1.165) is 0 Å². The Kier molecular flexibility index (Phi) is 3.55. The van der Waals surface area contributed by atoms with Crippen molar-refractivity contribution < 1.29 is 17.9 Å². The maximum atomic E-state index is 11.8. The van der Waals surface area contributed by atoms with Crippen LogP contribution in [0.15, 0.2) is 23.1 Å². The Bertz CT molecular complexity index is 573. The Morgan fingerprint density at radius 1 is 1.28 bits per heavy atom. The number of rotatable bonds is 3. The topological polar surface area (TPSA) is 103 Å². The van der Waals surface area contributed by atoms with Gasteiger partial charge < -0.3 is 15.2 Å². The molecule has 18 heavy (non-hydrogen) atoms. The highest BCUT2D eigenvalue weighted by atomic mass is 32.2. The van der Waals surface area contributed by atoms with Crippen LogP contribution in [0.4, 0.5) is 0 Å². The van der Waals surface area contributed by atoms with Gasteiger partial charge in [0.1, 0.15) is 13.2 Å². The van der Waals surface area contributed by atoms with E-state index >= 15 is 0 Å². The summed E-state index contributed by atoms with van der Waals surface area (Å²) < 4.78 is 34.3. The van der Waals surface area contributed by atoms with Crippen molar-refractivity contribution in [3.05, 3.63) is 18.2 Å². The average Bonchev–Trinajstić information content (AvgIpc) is 2.36. The van der Waals surface area contributed by atoms with Crippen LogP contribution in [0.5, 0.6) is 11.5 Å². The van der Waals surface area contributed by atoms with Crippen molar-refractivity contribution in [2.45, 2.75) is 4.90 Å². The fraction of sp³-hybridized carbons (Fsp3) is 0.222. The number of fused-ring (bicyclic) bond motifs is 1. The highest BCUT2D eigenvalue weighted by molar-refractivity contribution is 7.89. The van der Waals surface area contributed by atoms with Gasteiger partial charge in [-0.25, -0.2) is 8.42 Å². The van der Waals surface area contributed by atoms with Crippen molar-refractivity contribution >= 4 is 27.4 Å². The zero-order valence-corrected chi connectivity index (χ0v) is 10.8. The van der Waals surface area contributed by atoms with Crippen LogP contribution in [-0.2, 0) is 10.0 Å². The lowest BCUT2D eigenvalue weighted by molar-refractivity contribution is 0.171. The average molecular weight is 289 g/mol. The van der Waals surface area contributed by atoms with Gasteiger partial charge in [0.15, 0.2) is 16.6 Å². The summed E-state index contributed by atoms with van der Waals surface area (Å²) in [5, 5.41) is -0.170. The molecule has 4 N–H and O–H groups in total. The van der Waals surface area contributed by atoms with Crippen LogP contribution >= 0.6 is 12.2 Å². The molecule has 0 saturated heterocycles. The molecule has 1 heterocycles. The third-order valence-electron chi connectivity index (χ3n) is 2.13. The third-order valence-corrected chi connectivity index (χ3v) is 3.48. The number of hydrogen-bond donors (Lipinski definition) is 3. The monoisotopic (exact) mass is 289 g/mol. The Morgan fingerprint density at radius 3 is 2.61 bits per heavy atom. The van der Waals surface area contributed by atoms with Crippen LogP contribution in [0.1, 0.15) is 0 Å². The van der Waals surface area contributed by atoms with Crippen molar-refractivity contribution in [1.82, 2.24) is 10.3 Å². The van der Waals surface area contributed by atoms with Gasteiger partial charge in [0.2, 0.25) is 0 Å². The lowest BCUT2D eigenvalue weighted by Gasteiger charge is -2.18. The van der Waals surface area contributed by atoms with E-state index in [4.69, 9.17) is 15.2 Å². The molecule has 0 amide bonds. The summed E-state index contributed by atoms with van der Waals surface area (Å²) in [6.07, 6.45) is 0. The summed E-state index contributed by atoms with van der Waals surface area (Å²) in [6.45, 7) is 0.829. The van der Waals surface area contributed by atoms with E-state index in [1.807, 2.05) is 4.83 Å². The smallest absolute Gasteiger partial charge is 0.257 e. The van der Waals surface area contributed by atoms with Gasteiger partial charge in [0.25, 0.3) is 10.0 Å². The maximum Gasteiger partial charge on any atom is 0.257 e. The quantitative estimate of drug-likeness (QED) is 0.508. The first kappa shape index (κ1) is 12.9. The van der Waals surface area contributed by atoms with E-state index in [2.05, 4.69) is 17.6 Å². The Balaban J connectivity index is 2.25. The van der Waals surface area contributed by atoms with Crippen LogP contribution in [0, 0.1) is 0 Å². The summed E-state index contributed by atoms with van der Waals surface area (Å²) in [5.74, 6) is 0.905. The molecular formula is C9H11N3O4S2. The molecule has 0 bridgehead atoms. The number of ether oxygens (including phenoxy) is 2. The van der Waals surface area contributed by atoms with Crippen LogP contribution in [0.2, 0.25) is 0 Å². The van der Waals surface area contributed by atoms with Crippen LogP contribution in [0.25, 0.3) is 0 Å². The van der Waals surface area contributed by atoms with E-state index in [9.17, 15) is 8.42 Å². The van der Waals surface area contributed by atoms with Crippen molar-refractivity contribution in [3.63, 3.8) is 0 Å². The second kappa shape index (κ2) is 4.96. The molecule has 0 unspecified atom stereocenters. The summed E-state index contributed by atoms with van der Waals surface area (Å²) in [7, 11) is -3.75. The molecule has 1 aliphatic rings. The van der Waals surface area contributed by atoms with Gasteiger partial charge in [-0.1, -0.05) is 0 Å². The van der Waals surface area contributed by atoms with E-state index in [1.165, 1.54) is 18.2 Å². The zero-order valence-electron chi connectivity index (χ0n) is 9.17. The molecule has 0 aliphatic carbocycles. The summed E-state index contributed by atoms with van der Waals surface area (Å²) in [6, 6.07) is 4.30. The molecular weight excluding hydrogens is 278 g/mol. The minimum atomic E-state index is -3.75. The van der Waals surface area contributed by atoms with Gasteiger partial charge >= 0.3 is 0 Å². The molecule has 98 valence electrons. The zero-order chi connectivity index (χ0) is 13.2. The molecule has 0 radical (unpaired) electrons. The van der Waals surface area contributed by atoms with Gasteiger partial charge in [0, 0.05) is 6.07 Å². The molecule has 1 aliphatic heterocycles. The van der Waals surface area contributed by atoms with E-state index in [0.29, 0.717) is 24.7 Å². The summed E-state index contributed by atoms with van der Waals surface area (Å²) >= 11 is 4.51. The number of nitrogens with two attached hydrogens (primary N) is 1. The predicted octanol–water partition coefficient (Wildman–Crippen LogP) is -0.516. The predicted molar refractivity (Wildman–Crippen MR) is 67.7 cm³/mol. The number of thiocarbonyl (C=S) groups is 1. The molecule has 2 rings (SSSR count). The molecule has 0 aromatic heterocycles. The Morgan fingerprint density at radius 2 is 1.94 bits per heavy atom. The van der Waals surface area contributed by atoms with Gasteiger partial charge in [0.05, 0.1) is 4.90 Å². The van der Waals surface area contributed by atoms with E-state index < -0.39 is 10.0 Å². The molecule has 9 heteroatoms. The van der Waals surface area contributed by atoms with Crippen LogP contribution in [-0.4, -0.2) is 26.7 Å². The number of hydrazine groups is 1. The normalized spacial score (nSPS) is 14.0. The number of sulfonamides is 1. The second-order valence-electron chi connectivity index (χ2n) is 3.40. The lowest BCUT2D eigenvalue weighted by atomic mass is 10.3. The molecule has 0 atom stereocenters. The standard InChI is InChI=1S/C9H11N3O4S2/c10-9(17)11-12-18(13,14)6-1-2-7-8(5-6)16-4-3-15-7/h1-2,5,12H,3-4H2,(H3,10,11,17). The number of benzene rings is 1. The first-order valence-corrected chi connectivity index (χ1v) is 6.85. The Hall–Kier alpha value is -1.58. The minimum Gasteiger partial charge on any atom is -0.486 e. The third kappa shape index (κ3) is 2.81. The SMILES string of the molecule is NC(=S)NNS(=O)(=O)c1ccc2c(c1)OCCO2.